The van der Waals surface area contributed by atoms with Gasteiger partial charge in [-0.25, -0.2) is 0 Å². The van der Waals surface area contributed by atoms with Gasteiger partial charge in [0, 0.05) is 24.7 Å². The zero-order valence-corrected chi connectivity index (χ0v) is 7.85. The highest BCUT2D eigenvalue weighted by atomic mass is 16.1. The van der Waals surface area contributed by atoms with Crippen LogP contribution in [-0.4, -0.2) is 11.6 Å². The first-order valence-corrected chi connectivity index (χ1v) is 5.84. The molecule has 0 unspecified atom stereocenters. The first-order valence-electron chi connectivity index (χ1n) is 5.84. The summed E-state index contributed by atoms with van der Waals surface area (Å²) in [5.74, 6) is 5.81. The largest absolute Gasteiger partial charge is 0.299 e. The minimum absolute atomic E-state index is 0.336. The van der Waals surface area contributed by atoms with E-state index in [9.17, 15) is 9.59 Å². The molecule has 8 fully saturated rings. The smallest absolute Gasteiger partial charge is 0.136 e. The third kappa shape index (κ3) is 0.396. The lowest BCUT2D eigenvalue weighted by Gasteiger charge is -2.81. The molecule has 0 N–H and O–H groups in total. The average molecular weight is 188 g/mol. The van der Waals surface area contributed by atoms with Crippen molar-refractivity contribution < 1.29 is 9.59 Å². The van der Waals surface area contributed by atoms with Gasteiger partial charge in [-0.05, 0) is 35.5 Å². The first kappa shape index (κ1) is 6.76. The molecule has 0 aromatic heterocycles. The van der Waals surface area contributed by atoms with Crippen LogP contribution in [0, 0.1) is 47.3 Å². The summed E-state index contributed by atoms with van der Waals surface area (Å²) in [6.07, 6.45) is 1.62. The Kier molecular flexibility index (Phi) is 0.780. The molecule has 0 aliphatic heterocycles. The number of fused-ring (bicyclic) bond motifs is 2. The van der Waals surface area contributed by atoms with Gasteiger partial charge < -0.3 is 0 Å². The van der Waals surface area contributed by atoms with Crippen LogP contribution in [0.2, 0.25) is 0 Å². The molecule has 14 heavy (non-hydrogen) atoms. The van der Waals surface area contributed by atoms with Crippen molar-refractivity contribution in [1.29, 1.82) is 0 Å². The van der Waals surface area contributed by atoms with Crippen LogP contribution in [0.15, 0.2) is 0 Å². The summed E-state index contributed by atoms with van der Waals surface area (Å²) in [5, 5.41) is 0. The Balaban J connectivity index is 1.75. The lowest BCUT2D eigenvalue weighted by atomic mass is 9.21. The second-order valence-corrected chi connectivity index (χ2v) is 6.03. The highest BCUT2D eigenvalue weighted by Gasteiger charge is 2.81. The van der Waals surface area contributed by atoms with Crippen molar-refractivity contribution >= 4 is 11.6 Å². The van der Waals surface area contributed by atoms with E-state index in [1.54, 1.807) is 0 Å². The van der Waals surface area contributed by atoms with Crippen LogP contribution < -0.4 is 0 Å². The Bertz CT molecular complexity index is 391. The maximum atomic E-state index is 11.8. The van der Waals surface area contributed by atoms with Crippen molar-refractivity contribution in [1.82, 2.24) is 0 Å². The summed E-state index contributed by atoms with van der Waals surface area (Å²) in [6, 6.07) is 0. The molecule has 8 bridgehead atoms. The summed E-state index contributed by atoms with van der Waals surface area (Å²) in [7, 11) is 0. The number of hydrogen-bond acceptors (Lipinski definition) is 2. The lowest BCUT2D eigenvalue weighted by molar-refractivity contribution is -0.319. The topological polar surface area (TPSA) is 34.1 Å². The van der Waals surface area contributed by atoms with E-state index < -0.39 is 0 Å². The molecule has 0 aromatic rings. The minimum atomic E-state index is 0.336. The number of carbonyl (C=O) groups is 2. The quantitative estimate of drug-likeness (QED) is 0.566. The summed E-state index contributed by atoms with van der Waals surface area (Å²) < 4.78 is 0. The van der Waals surface area contributed by atoms with Crippen LogP contribution in [0.3, 0.4) is 0 Å². The second-order valence-electron chi connectivity index (χ2n) is 6.03. The molecule has 0 amide bonds. The monoisotopic (exact) mass is 188 g/mol. The molecule has 2 nitrogen and oxygen atoms in total. The molecule has 72 valence electrons. The molecule has 0 radical (unpaired) electrons. The normalized spacial score (nSPS) is 70.6. The number of Topliss-reactive ketones (excluding diaryl/α,β-unsaturated/α-hetero) is 2. The zero-order valence-electron chi connectivity index (χ0n) is 7.85. The summed E-state index contributed by atoms with van der Waals surface area (Å²) in [5.41, 5.74) is 0. The van der Waals surface area contributed by atoms with Crippen LogP contribution in [0.25, 0.3) is 0 Å². The molecule has 0 heterocycles. The van der Waals surface area contributed by atoms with E-state index in [1.807, 2.05) is 0 Å². The number of ketones is 2. The van der Waals surface area contributed by atoms with Gasteiger partial charge in [-0.1, -0.05) is 0 Å². The van der Waals surface area contributed by atoms with E-state index in [4.69, 9.17) is 0 Å². The Morgan fingerprint density at radius 1 is 0.714 bits per heavy atom. The van der Waals surface area contributed by atoms with E-state index in [-0.39, 0.29) is 0 Å². The van der Waals surface area contributed by atoms with E-state index in [0.717, 1.165) is 36.5 Å². The molecule has 0 spiro atoms. The van der Waals surface area contributed by atoms with Gasteiger partial charge in [-0.2, -0.15) is 0 Å². The third-order valence-corrected chi connectivity index (χ3v) is 6.14. The molecule has 2 heteroatoms. The van der Waals surface area contributed by atoms with E-state index in [2.05, 4.69) is 0 Å². The predicted octanol–water partition coefficient (Wildman–Crippen LogP) is 0.902. The number of rotatable bonds is 0. The molecular weight excluding hydrogens is 176 g/mol. The Hall–Kier alpha value is -0.660. The molecular formula is C12H12O2. The van der Waals surface area contributed by atoms with Crippen molar-refractivity contribution in [2.75, 3.05) is 0 Å². The average Bonchev–Trinajstić information content (AvgIpc) is 2.10. The zero-order chi connectivity index (χ0) is 9.19. The van der Waals surface area contributed by atoms with Crippen LogP contribution >= 0.6 is 0 Å². The molecule has 0 aromatic carbocycles. The van der Waals surface area contributed by atoms with Gasteiger partial charge >= 0.3 is 0 Å². The van der Waals surface area contributed by atoms with Crippen molar-refractivity contribution in [3.63, 3.8) is 0 Å². The molecule has 8 saturated carbocycles. The molecule has 8 atom stereocenters. The standard InChI is InChI=1S/C12H12O2/c13-5-2-4-7-3-1-6(14)10-11(7)9(4)12(10)8(3)5/h3-4,7-12H,1-2H2/t3-,4+,7-,8-,9-,10-,11-,12+/m1/s1. The third-order valence-electron chi connectivity index (χ3n) is 6.14. The maximum absolute atomic E-state index is 11.8. The van der Waals surface area contributed by atoms with Crippen molar-refractivity contribution in [2.45, 2.75) is 12.8 Å². The molecule has 8 rings (SSSR count). The van der Waals surface area contributed by atoms with Gasteiger partial charge in [0.05, 0.1) is 0 Å². The van der Waals surface area contributed by atoms with Gasteiger partial charge in [-0.15, -0.1) is 0 Å². The van der Waals surface area contributed by atoms with Gasteiger partial charge in [0.1, 0.15) is 11.6 Å². The summed E-state index contributed by atoms with van der Waals surface area (Å²) in [6.45, 7) is 0. The van der Waals surface area contributed by atoms with Crippen LogP contribution in [-0.2, 0) is 9.59 Å². The van der Waals surface area contributed by atoms with E-state index in [1.165, 1.54) is 0 Å². The summed E-state index contributed by atoms with van der Waals surface area (Å²) in [4.78, 5) is 23.6. The highest BCUT2D eigenvalue weighted by Crippen LogP contribution is 2.81. The van der Waals surface area contributed by atoms with E-state index in [0.29, 0.717) is 35.2 Å². The fourth-order valence-electron chi connectivity index (χ4n) is 6.06. The van der Waals surface area contributed by atoms with Crippen LogP contribution in [0.1, 0.15) is 12.8 Å². The highest BCUT2D eigenvalue weighted by molar-refractivity contribution is 5.93. The van der Waals surface area contributed by atoms with Gasteiger partial charge in [0.25, 0.3) is 0 Å². The van der Waals surface area contributed by atoms with Crippen LogP contribution in [0.5, 0.6) is 0 Å². The van der Waals surface area contributed by atoms with Crippen molar-refractivity contribution in [3.8, 4) is 0 Å². The van der Waals surface area contributed by atoms with E-state index >= 15 is 0 Å². The van der Waals surface area contributed by atoms with Gasteiger partial charge in [0.2, 0.25) is 0 Å². The summed E-state index contributed by atoms with van der Waals surface area (Å²) >= 11 is 0. The molecule has 8 aliphatic rings. The maximum Gasteiger partial charge on any atom is 0.136 e. The van der Waals surface area contributed by atoms with Crippen LogP contribution in [0.4, 0.5) is 0 Å². The fraction of sp³-hybridized carbons (Fsp3) is 0.833. The lowest BCUT2D eigenvalue weighted by Crippen LogP contribution is -2.82. The Labute approximate surface area is 82.0 Å². The second kappa shape index (κ2) is 1.62. The Morgan fingerprint density at radius 2 is 1.43 bits per heavy atom. The SMILES string of the molecule is O=C1C[C@H]2[C@H]3[C@H]4CC(=O)[C@H]5[C@@H]([C@@H]14)[C@H]2[C@H]53. The number of hydrogen-bond donors (Lipinski definition) is 0. The number of carbonyl (C=O) groups excluding carboxylic acids is 2. The Morgan fingerprint density at radius 3 is 2.21 bits per heavy atom. The van der Waals surface area contributed by atoms with Crippen molar-refractivity contribution in [3.05, 3.63) is 0 Å². The van der Waals surface area contributed by atoms with Gasteiger partial charge in [-0.3, -0.25) is 9.59 Å². The van der Waals surface area contributed by atoms with Gasteiger partial charge in [0.15, 0.2) is 0 Å². The predicted molar refractivity (Wildman–Crippen MR) is 47.2 cm³/mol. The van der Waals surface area contributed by atoms with Crippen molar-refractivity contribution in [2.24, 2.45) is 47.3 Å². The molecule has 0 saturated heterocycles. The fourth-order valence-corrected chi connectivity index (χ4v) is 6.06. The minimum Gasteiger partial charge on any atom is -0.299 e. The first-order chi connectivity index (χ1) is 6.79. The molecule has 8 aliphatic carbocycles.